The first-order valence-electron chi connectivity index (χ1n) is 9.92. The van der Waals surface area contributed by atoms with E-state index in [4.69, 9.17) is 0 Å². The lowest BCUT2D eigenvalue weighted by atomic mass is 10.1. The molecule has 1 aliphatic heterocycles. The maximum atomic E-state index is 11.4. The van der Waals surface area contributed by atoms with Crippen LogP contribution in [0, 0.1) is 10.1 Å². The van der Waals surface area contributed by atoms with E-state index in [1.165, 1.54) is 6.42 Å². The molecule has 9 heteroatoms. The average molecular weight is 413 g/mol. The first-order valence-corrected chi connectivity index (χ1v) is 10.9. The number of nitrogens with one attached hydrogen (secondary N) is 2. The SMILES string of the molecule is O=[N+]([O-])c1ccc(N2CCCCC2)nc1NCCCSc1nc2ccccc2[nH]1. The van der Waals surface area contributed by atoms with Crippen LogP contribution in [-0.2, 0) is 0 Å². The molecule has 1 aromatic carbocycles. The maximum Gasteiger partial charge on any atom is 0.311 e. The van der Waals surface area contributed by atoms with Crippen LogP contribution in [0.1, 0.15) is 25.7 Å². The molecule has 2 aromatic heterocycles. The van der Waals surface area contributed by atoms with Gasteiger partial charge in [0.25, 0.3) is 0 Å². The number of aromatic amines is 1. The van der Waals surface area contributed by atoms with Crippen LogP contribution in [0.25, 0.3) is 11.0 Å². The van der Waals surface area contributed by atoms with E-state index in [0.29, 0.717) is 12.4 Å². The molecule has 0 saturated carbocycles. The molecule has 2 N–H and O–H groups in total. The number of nitrogens with zero attached hydrogens (tertiary/aromatic N) is 4. The zero-order valence-electron chi connectivity index (χ0n) is 16.1. The highest BCUT2D eigenvalue weighted by Crippen LogP contribution is 2.27. The van der Waals surface area contributed by atoms with Gasteiger partial charge in [0.05, 0.1) is 16.0 Å². The van der Waals surface area contributed by atoms with E-state index in [2.05, 4.69) is 25.2 Å². The van der Waals surface area contributed by atoms with Crippen molar-refractivity contribution in [2.24, 2.45) is 0 Å². The Morgan fingerprint density at radius 2 is 1.97 bits per heavy atom. The predicted molar refractivity (Wildman–Crippen MR) is 117 cm³/mol. The number of para-hydroxylation sites is 2. The third kappa shape index (κ3) is 4.79. The van der Waals surface area contributed by atoms with Crippen LogP contribution in [0.3, 0.4) is 0 Å². The van der Waals surface area contributed by atoms with E-state index in [1.54, 1.807) is 23.9 Å². The number of H-pyrrole nitrogens is 1. The highest BCUT2D eigenvalue weighted by Gasteiger charge is 2.19. The van der Waals surface area contributed by atoms with Gasteiger partial charge in [0.1, 0.15) is 5.82 Å². The van der Waals surface area contributed by atoms with Crippen LogP contribution in [0.4, 0.5) is 17.3 Å². The summed E-state index contributed by atoms with van der Waals surface area (Å²) in [6, 6.07) is 11.3. The fourth-order valence-corrected chi connectivity index (χ4v) is 4.29. The first-order chi connectivity index (χ1) is 14.2. The molecule has 0 unspecified atom stereocenters. The Bertz CT molecular complexity index is 953. The van der Waals surface area contributed by atoms with Gasteiger partial charge in [0.15, 0.2) is 5.16 Å². The van der Waals surface area contributed by atoms with Crippen molar-refractivity contribution in [1.29, 1.82) is 0 Å². The lowest BCUT2D eigenvalue weighted by Gasteiger charge is -2.27. The van der Waals surface area contributed by atoms with Crippen molar-refractivity contribution < 1.29 is 4.92 Å². The Morgan fingerprint density at radius 3 is 2.76 bits per heavy atom. The minimum Gasteiger partial charge on any atom is -0.364 e. The molecule has 3 aromatic rings. The molecular weight excluding hydrogens is 388 g/mol. The fraction of sp³-hybridized carbons (Fsp3) is 0.400. The molecule has 3 heterocycles. The minimum atomic E-state index is -0.377. The summed E-state index contributed by atoms with van der Waals surface area (Å²) in [5.74, 6) is 2.02. The van der Waals surface area contributed by atoms with Crippen molar-refractivity contribution in [3.8, 4) is 0 Å². The van der Waals surface area contributed by atoms with E-state index in [0.717, 1.165) is 60.1 Å². The van der Waals surface area contributed by atoms with Crippen LogP contribution in [0.2, 0.25) is 0 Å². The van der Waals surface area contributed by atoms with Gasteiger partial charge < -0.3 is 15.2 Å². The first kappa shape index (κ1) is 19.5. The molecule has 0 spiro atoms. The summed E-state index contributed by atoms with van der Waals surface area (Å²) < 4.78 is 0. The van der Waals surface area contributed by atoms with Gasteiger partial charge in [-0.05, 0) is 43.9 Å². The third-order valence-electron chi connectivity index (χ3n) is 4.96. The van der Waals surface area contributed by atoms with Crippen molar-refractivity contribution in [2.45, 2.75) is 30.8 Å². The van der Waals surface area contributed by atoms with Gasteiger partial charge >= 0.3 is 5.69 Å². The third-order valence-corrected chi connectivity index (χ3v) is 5.92. The largest absolute Gasteiger partial charge is 0.364 e. The molecule has 0 radical (unpaired) electrons. The Morgan fingerprint density at radius 1 is 1.14 bits per heavy atom. The molecule has 0 bridgehead atoms. The van der Waals surface area contributed by atoms with Gasteiger partial charge in [-0.2, -0.15) is 0 Å². The van der Waals surface area contributed by atoms with Crippen molar-refractivity contribution in [3.63, 3.8) is 0 Å². The number of nitro groups is 1. The number of hydrogen-bond acceptors (Lipinski definition) is 7. The van der Waals surface area contributed by atoms with E-state index in [9.17, 15) is 10.1 Å². The van der Waals surface area contributed by atoms with Gasteiger partial charge in [0, 0.05) is 31.5 Å². The second-order valence-corrected chi connectivity index (χ2v) is 8.11. The Labute approximate surface area is 173 Å². The second-order valence-electron chi connectivity index (χ2n) is 7.03. The van der Waals surface area contributed by atoms with Gasteiger partial charge in [-0.25, -0.2) is 9.97 Å². The summed E-state index contributed by atoms with van der Waals surface area (Å²) in [4.78, 5) is 25.6. The van der Waals surface area contributed by atoms with Crippen LogP contribution in [0.15, 0.2) is 41.6 Å². The zero-order chi connectivity index (χ0) is 20.1. The Kier molecular flexibility index (Phi) is 6.14. The van der Waals surface area contributed by atoms with Crippen molar-refractivity contribution in [2.75, 3.05) is 35.6 Å². The standard InChI is InChI=1S/C20H24N6O2S/c27-26(28)17-9-10-18(25-12-4-1-5-13-25)24-19(17)21-11-6-14-29-20-22-15-7-2-3-8-16(15)23-20/h2-3,7-10H,1,4-6,11-14H2,(H,21,24)(H,22,23). The number of benzene rings is 1. The van der Waals surface area contributed by atoms with Crippen molar-refractivity contribution >= 4 is 40.1 Å². The number of rotatable bonds is 8. The maximum absolute atomic E-state index is 11.4. The Hall–Kier alpha value is -2.81. The van der Waals surface area contributed by atoms with E-state index >= 15 is 0 Å². The average Bonchev–Trinajstić information content (AvgIpc) is 3.17. The summed E-state index contributed by atoms with van der Waals surface area (Å²) in [7, 11) is 0. The number of thioether (sulfide) groups is 1. The Balaban J connectivity index is 1.33. The van der Waals surface area contributed by atoms with E-state index in [-0.39, 0.29) is 10.6 Å². The summed E-state index contributed by atoms with van der Waals surface area (Å²) in [6.07, 6.45) is 4.35. The van der Waals surface area contributed by atoms with Gasteiger partial charge in [-0.15, -0.1) is 0 Å². The number of imidazole rings is 1. The monoisotopic (exact) mass is 412 g/mol. The van der Waals surface area contributed by atoms with Gasteiger partial charge in [-0.3, -0.25) is 10.1 Å². The number of pyridine rings is 1. The number of aromatic nitrogens is 3. The van der Waals surface area contributed by atoms with Crippen molar-refractivity contribution in [3.05, 3.63) is 46.5 Å². The van der Waals surface area contributed by atoms with Crippen LogP contribution >= 0.6 is 11.8 Å². The minimum absolute atomic E-state index is 0.0238. The quantitative estimate of drug-likeness (QED) is 0.244. The molecular formula is C20H24N6O2S. The lowest BCUT2D eigenvalue weighted by molar-refractivity contribution is -0.384. The van der Waals surface area contributed by atoms with E-state index < -0.39 is 0 Å². The highest BCUT2D eigenvalue weighted by molar-refractivity contribution is 7.99. The molecule has 1 aliphatic rings. The summed E-state index contributed by atoms with van der Waals surface area (Å²) in [6.45, 7) is 2.53. The molecule has 0 amide bonds. The van der Waals surface area contributed by atoms with Crippen LogP contribution in [0.5, 0.6) is 0 Å². The smallest absolute Gasteiger partial charge is 0.311 e. The molecule has 29 heavy (non-hydrogen) atoms. The normalized spacial score (nSPS) is 14.3. The lowest BCUT2D eigenvalue weighted by Crippen LogP contribution is -2.30. The summed E-state index contributed by atoms with van der Waals surface area (Å²) in [5, 5.41) is 15.4. The number of piperidine rings is 1. The van der Waals surface area contributed by atoms with Gasteiger partial charge in [-0.1, -0.05) is 23.9 Å². The molecule has 0 aliphatic carbocycles. The highest BCUT2D eigenvalue weighted by atomic mass is 32.2. The second kappa shape index (κ2) is 9.13. The predicted octanol–water partition coefficient (Wildman–Crippen LogP) is 4.45. The molecule has 0 atom stereocenters. The number of fused-ring (bicyclic) bond motifs is 1. The molecule has 1 fully saturated rings. The molecule has 8 nitrogen and oxygen atoms in total. The summed E-state index contributed by atoms with van der Waals surface area (Å²) >= 11 is 1.65. The topological polar surface area (TPSA) is 100.0 Å². The van der Waals surface area contributed by atoms with Crippen LogP contribution < -0.4 is 10.2 Å². The summed E-state index contributed by atoms with van der Waals surface area (Å²) in [5.41, 5.74) is 2.01. The van der Waals surface area contributed by atoms with Crippen molar-refractivity contribution in [1.82, 2.24) is 15.0 Å². The number of anilines is 2. The molecule has 152 valence electrons. The molecule has 4 rings (SSSR count). The molecule has 1 saturated heterocycles. The van der Waals surface area contributed by atoms with E-state index in [1.807, 2.05) is 24.3 Å². The zero-order valence-corrected chi connectivity index (χ0v) is 17.0. The van der Waals surface area contributed by atoms with Gasteiger partial charge in [0.2, 0.25) is 5.82 Å². The number of hydrogen-bond donors (Lipinski definition) is 2. The fourth-order valence-electron chi connectivity index (χ4n) is 3.46. The van der Waals surface area contributed by atoms with Crippen LogP contribution in [-0.4, -0.2) is 45.3 Å².